The van der Waals surface area contributed by atoms with E-state index < -0.39 is 6.10 Å². The van der Waals surface area contributed by atoms with E-state index in [1.807, 2.05) is 0 Å². The number of carbonyl (C=O) groups is 3. The van der Waals surface area contributed by atoms with Crippen LogP contribution in [0.25, 0.3) is 0 Å². The predicted molar refractivity (Wildman–Crippen MR) is 270 cm³/mol. The maximum Gasteiger partial charge on any atom is 0.306 e. The average molecular weight is 879 g/mol. The zero-order valence-electron chi connectivity index (χ0n) is 41.3. The molecule has 0 aromatic carbocycles. The van der Waals surface area contributed by atoms with Crippen molar-refractivity contribution < 1.29 is 28.6 Å². The molecule has 0 rings (SSSR count). The van der Waals surface area contributed by atoms with Crippen LogP contribution in [-0.2, 0) is 28.6 Å². The number of hydrogen-bond acceptors (Lipinski definition) is 6. The van der Waals surface area contributed by atoms with Crippen molar-refractivity contribution in [1.29, 1.82) is 0 Å². The summed E-state index contributed by atoms with van der Waals surface area (Å²) < 4.78 is 16.8. The summed E-state index contributed by atoms with van der Waals surface area (Å²) in [5.41, 5.74) is 0. The maximum atomic E-state index is 12.8. The van der Waals surface area contributed by atoms with E-state index in [0.29, 0.717) is 19.3 Å². The fourth-order valence-corrected chi connectivity index (χ4v) is 7.21. The molecular formula is C57H98O6. The van der Waals surface area contributed by atoms with Crippen molar-refractivity contribution >= 4 is 17.9 Å². The highest BCUT2D eigenvalue weighted by Gasteiger charge is 2.19. The van der Waals surface area contributed by atoms with Crippen LogP contribution in [0.3, 0.4) is 0 Å². The van der Waals surface area contributed by atoms with Gasteiger partial charge in [-0.25, -0.2) is 0 Å². The lowest BCUT2D eigenvalue weighted by Gasteiger charge is -2.18. The minimum absolute atomic E-state index is 0.0919. The summed E-state index contributed by atoms with van der Waals surface area (Å²) >= 11 is 0. The van der Waals surface area contributed by atoms with Crippen LogP contribution in [0.5, 0.6) is 0 Å². The van der Waals surface area contributed by atoms with Gasteiger partial charge < -0.3 is 14.2 Å². The molecule has 0 bridgehead atoms. The van der Waals surface area contributed by atoms with Crippen LogP contribution in [0, 0.1) is 0 Å². The zero-order valence-corrected chi connectivity index (χ0v) is 41.3. The molecule has 0 radical (unpaired) electrons. The number of hydrogen-bond donors (Lipinski definition) is 0. The van der Waals surface area contributed by atoms with Gasteiger partial charge in [0.05, 0.1) is 0 Å². The summed E-state index contributed by atoms with van der Waals surface area (Å²) in [5.74, 6) is -0.932. The molecule has 0 amide bonds. The molecule has 0 fully saturated rings. The third-order valence-corrected chi connectivity index (χ3v) is 11.2. The van der Waals surface area contributed by atoms with E-state index in [1.54, 1.807) is 0 Å². The Bertz CT molecular complexity index is 1190. The molecule has 0 aliphatic rings. The molecule has 0 aliphatic carbocycles. The van der Waals surface area contributed by atoms with E-state index >= 15 is 0 Å². The third kappa shape index (κ3) is 49.7. The highest BCUT2D eigenvalue weighted by atomic mass is 16.6. The first-order valence-electron chi connectivity index (χ1n) is 26.5. The normalized spacial score (nSPS) is 12.6. The fourth-order valence-electron chi connectivity index (χ4n) is 7.21. The van der Waals surface area contributed by atoms with Gasteiger partial charge in [-0.1, -0.05) is 203 Å². The molecule has 0 aliphatic heterocycles. The Morgan fingerprint density at radius 3 is 1.11 bits per heavy atom. The second-order valence-electron chi connectivity index (χ2n) is 17.4. The summed E-state index contributed by atoms with van der Waals surface area (Å²) in [6.07, 6.45) is 64.5. The third-order valence-electron chi connectivity index (χ3n) is 11.2. The lowest BCUT2D eigenvalue weighted by molar-refractivity contribution is -0.167. The predicted octanol–water partition coefficient (Wildman–Crippen LogP) is 17.4. The Kier molecular flexibility index (Phi) is 48.9. The van der Waals surface area contributed by atoms with Gasteiger partial charge in [0.2, 0.25) is 0 Å². The van der Waals surface area contributed by atoms with Gasteiger partial charge in [-0.3, -0.25) is 14.4 Å². The number of allylic oxidation sites excluding steroid dienone is 12. The molecule has 1 unspecified atom stereocenters. The van der Waals surface area contributed by atoms with E-state index in [0.717, 1.165) is 109 Å². The average Bonchev–Trinajstić information content (AvgIpc) is 3.28. The Morgan fingerprint density at radius 1 is 0.349 bits per heavy atom. The maximum absolute atomic E-state index is 12.8. The molecule has 1 atom stereocenters. The van der Waals surface area contributed by atoms with E-state index in [2.05, 4.69) is 93.7 Å². The molecule has 0 heterocycles. The number of carbonyl (C=O) groups excluding carboxylic acids is 3. The second-order valence-corrected chi connectivity index (χ2v) is 17.4. The smallest absolute Gasteiger partial charge is 0.306 e. The standard InChI is InChI=1S/C57H98O6/c1-4-7-10-13-16-19-22-25-28-30-32-35-38-41-44-47-50-56(59)62-53-54(52-61-55(58)49-46-43-40-37-34-31-27-24-21-18-15-12-9-6-3)63-57(60)51-48-45-42-39-36-33-29-26-23-20-17-14-11-8-5-2/h9,12,17-18,20-21,23,26-28,30-31,54H,4-8,10-11,13-16,19,22,24-25,29,32-53H2,1-3H3/b12-9-,20-17-,21-18-,26-23-,30-28-,31-27-. The Balaban J connectivity index is 4.44. The molecule has 0 saturated carbocycles. The Labute approximate surface area is 389 Å². The van der Waals surface area contributed by atoms with Crippen molar-refractivity contribution in [1.82, 2.24) is 0 Å². The summed E-state index contributed by atoms with van der Waals surface area (Å²) in [4.78, 5) is 38.0. The number of esters is 3. The highest BCUT2D eigenvalue weighted by Crippen LogP contribution is 2.14. The van der Waals surface area contributed by atoms with E-state index in [4.69, 9.17) is 14.2 Å². The van der Waals surface area contributed by atoms with Crippen LogP contribution < -0.4 is 0 Å². The Morgan fingerprint density at radius 2 is 0.667 bits per heavy atom. The molecule has 6 nitrogen and oxygen atoms in total. The molecule has 0 N–H and O–H groups in total. The van der Waals surface area contributed by atoms with Crippen LogP contribution in [0.15, 0.2) is 72.9 Å². The molecule has 0 aromatic heterocycles. The lowest BCUT2D eigenvalue weighted by atomic mass is 10.1. The van der Waals surface area contributed by atoms with Crippen molar-refractivity contribution in [2.24, 2.45) is 0 Å². The van der Waals surface area contributed by atoms with Crippen molar-refractivity contribution in [3.8, 4) is 0 Å². The molecule has 0 aromatic rings. The van der Waals surface area contributed by atoms with Gasteiger partial charge in [-0.2, -0.15) is 0 Å². The largest absolute Gasteiger partial charge is 0.462 e. The van der Waals surface area contributed by atoms with Crippen LogP contribution in [-0.4, -0.2) is 37.2 Å². The first-order chi connectivity index (χ1) is 31.0. The summed E-state index contributed by atoms with van der Waals surface area (Å²) in [6.45, 7) is 6.46. The number of unbranched alkanes of at least 4 members (excludes halogenated alkanes) is 25. The van der Waals surface area contributed by atoms with Crippen LogP contribution >= 0.6 is 0 Å². The van der Waals surface area contributed by atoms with Gasteiger partial charge >= 0.3 is 17.9 Å². The van der Waals surface area contributed by atoms with Crippen molar-refractivity contribution in [3.63, 3.8) is 0 Å². The van der Waals surface area contributed by atoms with Crippen LogP contribution in [0.2, 0.25) is 0 Å². The molecule has 6 heteroatoms. The number of ether oxygens (including phenoxy) is 3. The van der Waals surface area contributed by atoms with Gasteiger partial charge in [0.1, 0.15) is 13.2 Å². The minimum atomic E-state index is -0.794. The first kappa shape index (κ1) is 59.9. The Hall–Kier alpha value is -3.15. The van der Waals surface area contributed by atoms with Gasteiger partial charge in [0.15, 0.2) is 6.10 Å². The monoisotopic (exact) mass is 879 g/mol. The number of rotatable bonds is 47. The molecule has 362 valence electrons. The minimum Gasteiger partial charge on any atom is -0.462 e. The van der Waals surface area contributed by atoms with Crippen molar-refractivity contribution in [2.75, 3.05) is 13.2 Å². The van der Waals surface area contributed by atoms with Gasteiger partial charge in [-0.05, 0) is 103 Å². The summed E-state index contributed by atoms with van der Waals surface area (Å²) in [7, 11) is 0. The fraction of sp³-hybridized carbons (Fsp3) is 0.737. The van der Waals surface area contributed by atoms with Gasteiger partial charge in [0.25, 0.3) is 0 Å². The summed E-state index contributed by atoms with van der Waals surface area (Å²) in [5, 5.41) is 0. The highest BCUT2D eigenvalue weighted by molar-refractivity contribution is 5.71. The molecule has 0 saturated heterocycles. The molecule has 63 heavy (non-hydrogen) atoms. The van der Waals surface area contributed by atoms with Gasteiger partial charge in [-0.15, -0.1) is 0 Å². The van der Waals surface area contributed by atoms with Crippen LogP contribution in [0.4, 0.5) is 0 Å². The molecular weight excluding hydrogens is 781 g/mol. The lowest BCUT2D eigenvalue weighted by Crippen LogP contribution is -2.30. The van der Waals surface area contributed by atoms with Crippen molar-refractivity contribution in [2.45, 2.75) is 258 Å². The van der Waals surface area contributed by atoms with Crippen LogP contribution in [0.1, 0.15) is 252 Å². The summed E-state index contributed by atoms with van der Waals surface area (Å²) in [6, 6.07) is 0. The van der Waals surface area contributed by atoms with Gasteiger partial charge in [0, 0.05) is 19.3 Å². The quantitative estimate of drug-likeness (QED) is 0.0199. The van der Waals surface area contributed by atoms with Crippen molar-refractivity contribution in [3.05, 3.63) is 72.9 Å². The van der Waals surface area contributed by atoms with E-state index in [9.17, 15) is 14.4 Å². The van der Waals surface area contributed by atoms with E-state index in [-0.39, 0.29) is 31.1 Å². The zero-order chi connectivity index (χ0) is 45.8. The topological polar surface area (TPSA) is 78.9 Å². The first-order valence-corrected chi connectivity index (χ1v) is 26.5. The SMILES string of the molecule is CC/C=C\C/C=C\C/C=C\CCCCCCC(=O)OCC(COC(=O)CCCCCCC/C=C\CCCCCCCCC)OC(=O)CCCCCCCC/C=C\C=C/CCCCC. The second kappa shape index (κ2) is 51.5. The molecule has 0 spiro atoms. The van der Waals surface area contributed by atoms with E-state index in [1.165, 1.54) is 103 Å².